The third-order valence-electron chi connectivity index (χ3n) is 5.45. The fourth-order valence-corrected chi connectivity index (χ4v) is 5.14. The maximum Gasteiger partial charge on any atom is 0.243 e. The van der Waals surface area contributed by atoms with Crippen LogP contribution < -0.4 is 5.32 Å². The first-order valence-corrected chi connectivity index (χ1v) is 11.6. The molecule has 1 aromatic rings. The first-order valence-electron chi connectivity index (χ1n) is 10.2. The minimum Gasteiger partial charge on any atom is -0.377 e. The first-order chi connectivity index (χ1) is 13.5. The molecule has 1 atom stereocenters. The summed E-state index contributed by atoms with van der Waals surface area (Å²) in [4.78, 5) is 14.6. The molecule has 2 saturated heterocycles. The van der Waals surface area contributed by atoms with Crippen LogP contribution in [-0.4, -0.2) is 75.5 Å². The maximum absolute atomic E-state index is 13.2. The maximum atomic E-state index is 13.2. The van der Waals surface area contributed by atoms with E-state index in [2.05, 4.69) is 5.32 Å². The summed E-state index contributed by atoms with van der Waals surface area (Å²) in [6.45, 7) is 6.11. The van der Waals surface area contributed by atoms with E-state index in [0.29, 0.717) is 26.2 Å². The first kappa shape index (κ1) is 21.2. The van der Waals surface area contributed by atoms with E-state index < -0.39 is 10.0 Å². The van der Waals surface area contributed by atoms with E-state index in [0.717, 1.165) is 37.9 Å². The van der Waals surface area contributed by atoms with Gasteiger partial charge in [-0.15, -0.1) is 0 Å². The Hall–Kier alpha value is -1.48. The molecule has 0 saturated carbocycles. The van der Waals surface area contributed by atoms with Crippen molar-refractivity contribution < 1.29 is 17.9 Å². The number of carbonyl (C=O) groups is 1. The average molecular weight is 410 g/mol. The molecule has 0 spiro atoms. The molecule has 156 valence electrons. The molecule has 1 aromatic carbocycles. The molecule has 8 heteroatoms. The van der Waals surface area contributed by atoms with Crippen LogP contribution in [0.2, 0.25) is 0 Å². The molecule has 3 rings (SSSR count). The summed E-state index contributed by atoms with van der Waals surface area (Å²) in [6.07, 6.45) is 2.76. The van der Waals surface area contributed by atoms with Crippen LogP contribution in [0, 0.1) is 0 Å². The molecular formula is C20H31N3O4S. The summed E-state index contributed by atoms with van der Waals surface area (Å²) in [5.41, 5.74) is 1.10. The number of amides is 1. The topological polar surface area (TPSA) is 79.0 Å². The van der Waals surface area contributed by atoms with Crippen molar-refractivity contribution in [1.82, 2.24) is 14.5 Å². The standard InChI is InChI=1S/C20H31N3O4S/c1-2-17-5-7-19(8-6-17)28(25,26)23(16-18-4-3-15-27-18)12-9-20(24)22-13-10-21-11-14-22/h5-8,18,21H,2-4,9-16H2,1H3/t18-/m1/s1. The third-order valence-corrected chi connectivity index (χ3v) is 7.32. The number of carbonyl (C=O) groups excluding carboxylic acids is 1. The molecule has 1 N–H and O–H groups in total. The van der Waals surface area contributed by atoms with Crippen molar-refractivity contribution >= 4 is 15.9 Å². The number of aryl methyl sites for hydroxylation is 1. The summed E-state index contributed by atoms with van der Waals surface area (Å²) in [5, 5.41) is 3.22. The molecule has 2 heterocycles. The van der Waals surface area contributed by atoms with E-state index in [1.165, 1.54) is 4.31 Å². The Balaban J connectivity index is 1.71. The fraction of sp³-hybridized carbons (Fsp3) is 0.650. The van der Waals surface area contributed by atoms with Gasteiger partial charge in [-0.3, -0.25) is 4.79 Å². The molecule has 2 aliphatic rings. The van der Waals surface area contributed by atoms with E-state index >= 15 is 0 Å². The van der Waals surface area contributed by atoms with Crippen molar-refractivity contribution in [2.75, 3.05) is 45.9 Å². The van der Waals surface area contributed by atoms with Crippen LogP contribution in [0.5, 0.6) is 0 Å². The van der Waals surface area contributed by atoms with Gasteiger partial charge in [-0.1, -0.05) is 19.1 Å². The predicted octanol–water partition coefficient (Wildman–Crippen LogP) is 1.24. The van der Waals surface area contributed by atoms with Crippen molar-refractivity contribution in [3.8, 4) is 0 Å². The van der Waals surface area contributed by atoms with Crippen LogP contribution in [0.3, 0.4) is 0 Å². The lowest BCUT2D eigenvalue weighted by Gasteiger charge is -2.29. The molecule has 0 aliphatic carbocycles. The highest BCUT2D eigenvalue weighted by atomic mass is 32.2. The zero-order valence-corrected chi connectivity index (χ0v) is 17.4. The minimum atomic E-state index is -3.67. The fourth-order valence-electron chi connectivity index (χ4n) is 3.66. The minimum absolute atomic E-state index is 0.00960. The summed E-state index contributed by atoms with van der Waals surface area (Å²) in [5.74, 6) is 0.00960. The van der Waals surface area contributed by atoms with Gasteiger partial charge in [0.15, 0.2) is 0 Å². The second-order valence-corrected chi connectivity index (χ2v) is 9.31. The Labute approximate surface area is 168 Å². The molecule has 1 amide bonds. The lowest BCUT2D eigenvalue weighted by Crippen LogP contribution is -2.47. The molecule has 2 aliphatic heterocycles. The summed E-state index contributed by atoms with van der Waals surface area (Å²) >= 11 is 0. The van der Waals surface area contributed by atoms with Crippen LogP contribution in [0.25, 0.3) is 0 Å². The Morgan fingerprint density at radius 2 is 1.96 bits per heavy atom. The number of rotatable bonds is 8. The largest absolute Gasteiger partial charge is 0.377 e. The Morgan fingerprint density at radius 1 is 1.25 bits per heavy atom. The van der Waals surface area contributed by atoms with Gasteiger partial charge in [0, 0.05) is 52.3 Å². The summed E-state index contributed by atoms with van der Waals surface area (Å²) in [7, 11) is -3.67. The van der Waals surface area contributed by atoms with Gasteiger partial charge in [0.25, 0.3) is 0 Å². The lowest BCUT2D eigenvalue weighted by molar-refractivity contribution is -0.131. The van der Waals surface area contributed by atoms with E-state index in [-0.39, 0.29) is 29.9 Å². The zero-order valence-electron chi connectivity index (χ0n) is 16.6. The van der Waals surface area contributed by atoms with Gasteiger partial charge < -0.3 is 15.0 Å². The van der Waals surface area contributed by atoms with Crippen molar-refractivity contribution in [2.45, 2.75) is 43.6 Å². The van der Waals surface area contributed by atoms with Gasteiger partial charge in [0.2, 0.25) is 15.9 Å². The van der Waals surface area contributed by atoms with Crippen LogP contribution in [0.1, 0.15) is 31.7 Å². The molecule has 7 nitrogen and oxygen atoms in total. The number of sulfonamides is 1. The average Bonchev–Trinajstić information content (AvgIpc) is 3.24. The van der Waals surface area contributed by atoms with E-state index in [1.807, 2.05) is 24.0 Å². The lowest BCUT2D eigenvalue weighted by atomic mass is 10.2. The third kappa shape index (κ3) is 5.31. The number of hydrogen-bond acceptors (Lipinski definition) is 5. The molecular weight excluding hydrogens is 378 g/mol. The van der Waals surface area contributed by atoms with Crippen LogP contribution in [0.15, 0.2) is 29.2 Å². The van der Waals surface area contributed by atoms with E-state index in [1.54, 1.807) is 12.1 Å². The normalized spacial score (nSPS) is 20.6. The van der Waals surface area contributed by atoms with Gasteiger partial charge >= 0.3 is 0 Å². The van der Waals surface area contributed by atoms with Crippen molar-refractivity contribution in [1.29, 1.82) is 0 Å². The van der Waals surface area contributed by atoms with Gasteiger partial charge in [-0.25, -0.2) is 8.42 Å². The monoisotopic (exact) mass is 409 g/mol. The Bertz CT molecular complexity index is 739. The quantitative estimate of drug-likeness (QED) is 0.699. The summed E-state index contributed by atoms with van der Waals surface area (Å²) < 4.78 is 33.6. The highest BCUT2D eigenvalue weighted by Crippen LogP contribution is 2.21. The number of nitrogens with one attached hydrogen (secondary N) is 1. The number of benzene rings is 1. The molecule has 2 fully saturated rings. The highest BCUT2D eigenvalue weighted by Gasteiger charge is 2.30. The van der Waals surface area contributed by atoms with Gasteiger partial charge in [-0.05, 0) is 37.0 Å². The predicted molar refractivity (Wildman–Crippen MR) is 108 cm³/mol. The van der Waals surface area contributed by atoms with Gasteiger partial charge in [0.1, 0.15) is 0 Å². The zero-order chi connectivity index (χ0) is 20.0. The second kappa shape index (κ2) is 9.82. The summed E-state index contributed by atoms with van der Waals surface area (Å²) in [6, 6.07) is 7.02. The van der Waals surface area contributed by atoms with Gasteiger partial charge in [0.05, 0.1) is 11.0 Å². The number of nitrogens with zero attached hydrogens (tertiary/aromatic N) is 2. The highest BCUT2D eigenvalue weighted by molar-refractivity contribution is 7.89. The Kier molecular flexibility index (Phi) is 7.45. The smallest absolute Gasteiger partial charge is 0.243 e. The SMILES string of the molecule is CCc1ccc(S(=O)(=O)N(CCC(=O)N2CCNCC2)C[C@H]2CCCO2)cc1. The van der Waals surface area contributed by atoms with Crippen LogP contribution >= 0.6 is 0 Å². The van der Waals surface area contributed by atoms with Crippen LogP contribution in [0.4, 0.5) is 0 Å². The van der Waals surface area contributed by atoms with E-state index in [9.17, 15) is 13.2 Å². The van der Waals surface area contributed by atoms with Crippen molar-refractivity contribution in [2.24, 2.45) is 0 Å². The molecule has 28 heavy (non-hydrogen) atoms. The van der Waals surface area contributed by atoms with Crippen molar-refractivity contribution in [3.05, 3.63) is 29.8 Å². The van der Waals surface area contributed by atoms with E-state index in [4.69, 9.17) is 4.74 Å². The van der Waals surface area contributed by atoms with Gasteiger partial charge in [-0.2, -0.15) is 4.31 Å². The molecule has 0 bridgehead atoms. The molecule has 0 radical (unpaired) electrons. The number of ether oxygens (including phenoxy) is 1. The Morgan fingerprint density at radius 3 is 2.57 bits per heavy atom. The van der Waals surface area contributed by atoms with Crippen molar-refractivity contribution in [3.63, 3.8) is 0 Å². The second-order valence-electron chi connectivity index (χ2n) is 7.38. The molecule has 0 aromatic heterocycles. The number of hydrogen-bond donors (Lipinski definition) is 1. The van der Waals surface area contributed by atoms with Crippen LogP contribution in [-0.2, 0) is 26.0 Å². The number of piperazine rings is 1. The molecule has 0 unspecified atom stereocenters.